The number of nitrogens with one attached hydrogen (secondary N) is 1. The smallest absolute Gasteiger partial charge is 0.348 e. The molecule has 6 nitrogen and oxygen atoms in total. The molecular formula is C24H23NO5. The first-order valence-corrected chi connectivity index (χ1v) is 9.49. The molecule has 0 radical (unpaired) electrons. The number of rotatable bonds is 8. The first kappa shape index (κ1) is 20.9. The molecule has 0 saturated carbocycles. The number of amides is 1. The van der Waals surface area contributed by atoms with Gasteiger partial charge in [0.1, 0.15) is 11.5 Å². The highest BCUT2D eigenvalue weighted by Crippen LogP contribution is 2.23. The van der Waals surface area contributed by atoms with E-state index in [1.165, 1.54) is 0 Å². The van der Waals surface area contributed by atoms with Crippen LogP contribution < -0.4 is 14.8 Å². The molecule has 0 aliphatic carbocycles. The van der Waals surface area contributed by atoms with E-state index in [0.29, 0.717) is 22.7 Å². The van der Waals surface area contributed by atoms with E-state index < -0.39 is 24.1 Å². The van der Waals surface area contributed by atoms with Crippen molar-refractivity contribution in [2.45, 2.75) is 19.1 Å². The minimum atomic E-state index is -1.12. The Bertz CT molecular complexity index is 958. The molecule has 1 N–H and O–H groups in total. The van der Waals surface area contributed by atoms with E-state index in [-0.39, 0.29) is 0 Å². The molecule has 0 saturated heterocycles. The summed E-state index contributed by atoms with van der Waals surface area (Å²) in [7, 11) is 1.57. The van der Waals surface area contributed by atoms with Gasteiger partial charge in [0, 0.05) is 11.3 Å². The third-order valence-corrected chi connectivity index (χ3v) is 4.32. The van der Waals surface area contributed by atoms with Crippen LogP contribution in [0.4, 0.5) is 5.69 Å². The fourth-order valence-corrected chi connectivity index (χ4v) is 2.75. The zero-order valence-electron chi connectivity index (χ0n) is 16.8. The van der Waals surface area contributed by atoms with Crippen LogP contribution in [0.2, 0.25) is 0 Å². The fourth-order valence-electron chi connectivity index (χ4n) is 2.75. The van der Waals surface area contributed by atoms with Gasteiger partial charge >= 0.3 is 5.97 Å². The third kappa shape index (κ3) is 5.61. The van der Waals surface area contributed by atoms with Crippen molar-refractivity contribution < 1.29 is 23.8 Å². The highest BCUT2D eigenvalue weighted by Gasteiger charge is 2.28. The second-order valence-corrected chi connectivity index (χ2v) is 6.52. The Balaban J connectivity index is 1.73. The lowest BCUT2D eigenvalue weighted by Crippen LogP contribution is -2.32. The average molecular weight is 405 g/mol. The van der Waals surface area contributed by atoms with Crippen molar-refractivity contribution in [3.05, 3.63) is 90.5 Å². The number of benzene rings is 3. The van der Waals surface area contributed by atoms with Gasteiger partial charge in [-0.25, -0.2) is 4.79 Å². The van der Waals surface area contributed by atoms with Gasteiger partial charge in [0.05, 0.1) is 7.11 Å². The molecule has 0 bridgehead atoms. The first-order chi connectivity index (χ1) is 14.6. The molecule has 3 aromatic rings. The van der Waals surface area contributed by atoms with Crippen molar-refractivity contribution in [1.29, 1.82) is 0 Å². The number of anilines is 1. The molecule has 0 aliphatic rings. The summed E-state index contributed by atoms with van der Waals surface area (Å²) in [6.07, 6.45) is -2.00. The van der Waals surface area contributed by atoms with E-state index in [9.17, 15) is 9.59 Å². The SMILES string of the molecule is COc1ccc(NC(=O)C(OC(=O)C(C)Oc2ccccc2)c2ccccc2)cc1. The molecule has 0 heterocycles. The van der Waals surface area contributed by atoms with Gasteiger partial charge in [-0.15, -0.1) is 0 Å². The minimum Gasteiger partial charge on any atom is -0.497 e. The number of ether oxygens (including phenoxy) is 3. The van der Waals surface area contributed by atoms with Crippen molar-refractivity contribution in [3.8, 4) is 11.5 Å². The topological polar surface area (TPSA) is 73.9 Å². The average Bonchev–Trinajstić information content (AvgIpc) is 2.79. The summed E-state index contributed by atoms with van der Waals surface area (Å²) >= 11 is 0. The van der Waals surface area contributed by atoms with E-state index >= 15 is 0 Å². The largest absolute Gasteiger partial charge is 0.497 e. The molecule has 2 atom stereocenters. The zero-order valence-corrected chi connectivity index (χ0v) is 16.8. The maximum absolute atomic E-state index is 12.9. The zero-order chi connectivity index (χ0) is 21.3. The van der Waals surface area contributed by atoms with Gasteiger partial charge in [-0.2, -0.15) is 0 Å². The van der Waals surface area contributed by atoms with Gasteiger partial charge in [-0.3, -0.25) is 4.79 Å². The lowest BCUT2D eigenvalue weighted by Gasteiger charge is -2.21. The molecule has 30 heavy (non-hydrogen) atoms. The van der Waals surface area contributed by atoms with Gasteiger partial charge in [-0.1, -0.05) is 48.5 Å². The van der Waals surface area contributed by atoms with E-state index in [4.69, 9.17) is 14.2 Å². The predicted molar refractivity (Wildman–Crippen MR) is 113 cm³/mol. The number of hydrogen-bond donors (Lipinski definition) is 1. The van der Waals surface area contributed by atoms with Gasteiger partial charge in [0.15, 0.2) is 6.10 Å². The summed E-state index contributed by atoms with van der Waals surface area (Å²) in [5.74, 6) is 0.107. The van der Waals surface area contributed by atoms with Gasteiger partial charge in [0.2, 0.25) is 6.10 Å². The summed E-state index contributed by atoms with van der Waals surface area (Å²) in [6.45, 7) is 1.58. The van der Waals surface area contributed by atoms with Crippen LogP contribution in [0.5, 0.6) is 11.5 Å². The summed E-state index contributed by atoms with van der Waals surface area (Å²) in [5, 5.41) is 2.77. The van der Waals surface area contributed by atoms with Crippen molar-refractivity contribution >= 4 is 17.6 Å². The molecule has 6 heteroatoms. The highest BCUT2D eigenvalue weighted by atomic mass is 16.6. The molecule has 0 fully saturated rings. The number of para-hydroxylation sites is 1. The Hall–Kier alpha value is -3.80. The van der Waals surface area contributed by atoms with Crippen LogP contribution in [-0.2, 0) is 14.3 Å². The lowest BCUT2D eigenvalue weighted by molar-refractivity contribution is -0.161. The number of carbonyl (C=O) groups is 2. The van der Waals surface area contributed by atoms with Crippen LogP contribution in [0.1, 0.15) is 18.6 Å². The second-order valence-electron chi connectivity index (χ2n) is 6.52. The summed E-state index contributed by atoms with van der Waals surface area (Å²) < 4.78 is 16.3. The van der Waals surface area contributed by atoms with Crippen LogP contribution in [-0.4, -0.2) is 25.1 Å². The summed E-state index contributed by atoms with van der Waals surface area (Å²) in [6, 6.07) is 24.7. The van der Waals surface area contributed by atoms with Crippen LogP contribution >= 0.6 is 0 Å². The molecule has 2 unspecified atom stereocenters. The summed E-state index contributed by atoms with van der Waals surface area (Å²) in [5.41, 5.74) is 1.12. The quantitative estimate of drug-likeness (QED) is 0.563. The molecule has 154 valence electrons. The van der Waals surface area contributed by atoms with Gasteiger partial charge in [0.25, 0.3) is 5.91 Å². The first-order valence-electron chi connectivity index (χ1n) is 9.49. The maximum Gasteiger partial charge on any atom is 0.348 e. The molecule has 0 aromatic heterocycles. The lowest BCUT2D eigenvalue weighted by atomic mass is 10.1. The second kappa shape index (κ2) is 10.1. The molecule has 1 amide bonds. The normalized spacial score (nSPS) is 12.3. The summed E-state index contributed by atoms with van der Waals surface area (Å²) in [4.78, 5) is 25.6. The van der Waals surface area contributed by atoms with E-state index in [2.05, 4.69) is 5.32 Å². The Morgan fingerprint density at radius 1 is 0.800 bits per heavy atom. The van der Waals surface area contributed by atoms with Crippen LogP contribution in [0.15, 0.2) is 84.9 Å². The third-order valence-electron chi connectivity index (χ3n) is 4.32. The standard InChI is InChI=1S/C24H23NO5/c1-17(29-21-11-7-4-8-12-21)24(27)30-22(18-9-5-3-6-10-18)23(26)25-19-13-15-20(28-2)16-14-19/h3-17,22H,1-2H3,(H,25,26). The van der Waals surface area contributed by atoms with Crippen LogP contribution in [0.25, 0.3) is 0 Å². The van der Waals surface area contributed by atoms with Gasteiger partial charge in [-0.05, 0) is 43.3 Å². The molecule has 0 aliphatic heterocycles. The minimum absolute atomic E-state index is 0.466. The number of methoxy groups -OCH3 is 1. The maximum atomic E-state index is 12.9. The number of hydrogen-bond acceptors (Lipinski definition) is 5. The Labute approximate surface area is 175 Å². The molecule has 0 spiro atoms. The Kier molecular flexibility index (Phi) is 7.05. The van der Waals surface area contributed by atoms with Gasteiger partial charge < -0.3 is 19.5 Å². The predicted octanol–water partition coefficient (Wildman–Crippen LogP) is 4.39. The van der Waals surface area contributed by atoms with E-state index in [1.807, 2.05) is 24.3 Å². The monoisotopic (exact) mass is 405 g/mol. The van der Waals surface area contributed by atoms with Crippen molar-refractivity contribution in [3.63, 3.8) is 0 Å². The number of carbonyl (C=O) groups excluding carboxylic acids is 2. The van der Waals surface area contributed by atoms with Crippen molar-refractivity contribution in [2.24, 2.45) is 0 Å². The van der Waals surface area contributed by atoms with Crippen LogP contribution in [0, 0.1) is 0 Å². The van der Waals surface area contributed by atoms with Crippen molar-refractivity contribution in [2.75, 3.05) is 12.4 Å². The molecule has 3 rings (SSSR count). The van der Waals surface area contributed by atoms with Crippen molar-refractivity contribution in [1.82, 2.24) is 0 Å². The van der Waals surface area contributed by atoms with E-state index in [0.717, 1.165) is 0 Å². The number of esters is 1. The Morgan fingerprint density at radius 2 is 1.40 bits per heavy atom. The van der Waals surface area contributed by atoms with Crippen LogP contribution in [0.3, 0.4) is 0 Å². The van der Waals surface area contributed by atoms with E-state index in [1.54, 1.807) is 74.7 Å². The fraction of sp³-hybridized carbons (Fsp3) is 0.167. The Morgan fingerprint density at radius 3 is 2.00 bits per heavy atom. The molecule has 3 aromatic carbocycles. The highest BCUT2D eigenvalue weighted by molar-refractivity contribution is 5.96. The molecular weight excluding hydrogens is 382 g/mol.